The van der Waals surface area contributed by atoms with Crippen molar-refractivity contribution < 1.29 is 19.4 Å². The van der Waals surface area contributed by atoms with E-state index in [4.69, 9.17) is 9.72 Å². The van der Waals surface area contributed by atoms with E-state index in [0.29, 0.717) is 29.8 Å². The maximum absolute atomic E-state index is 13.6. The minimum atomic E-state index is -1.84. The van der Waals surface area contributed by atoms with Crippen molar-refractivity contribution in [2.45, 2.75) is 70.1 Å². The third-order valence-electron chi connectivity index (χ3n) is 8.28. The van der Waals surface area contributed by atoms with Crippen molar-refractivity contribution in [1.29, 1.82) is 0 Å². The third-order valence-corrected chi connectivity index (χ3v) is 11.5. The van der Waals surface area contributed by atoms with E-state index in [2.05, 4.69) is 19.2 Å². The summed E-state index contributed by atoms with van der Waals surface area (Å²) in [4.78, 5) is 44.9. The number of hydrogen-bond donors (Lipinski definition) is 1. The average molecular weight is 534 g/mol. The van der Waals surface area contributed by atoms with Gasteiger partial charge in [0, 0.05) is 45.1 Å². The van der Waals surface area contributed by atoms with Gasteiger partial charge in [-0.05, 0) is 36.6 Å². The van der Waals surface area contributed by atoms with Crippen molar-refractivity contribution in [3.63, 3.8) is 0 Å². The third kappa shape index (κ3) is 4.27. The molecule has 1 N–H and O–H groups in total. The van der Waals surface area contributed by atoms with Crippen LogP contribution in [0.1, 0.15) is 42.0 Å². The van der Waals surface area contributed by atoms with Gasteiger partial charge in [-0.2, -0.15) is 0 Å². The molecule has 1 unspecified atom stereocenters. The van der Waals surface area contributed by atoms with E-state index in [1.165, 1.54) is 5.56 Å². The molecule has 0 spiro atoms. The van der Waals surface area contributed by atoms with Gasteiger partial charge in [-0.1, -0.05) is 44.3 Å². The zero-order valence-electron chi connectivity index (χ0n) is 22.8. The number of esters is 1. The number of aromatic nitrogens is 2. The summed E-state index contributed by atoms with van der Waals surface area (Å²) in [7, 11) is 1.91. The number of pyridine rings is 2. The van der Waals surface area contributed by atoms with Crippen LogP contribution in [0.3, 0.4) is 0 Å². The van der Waals surface area contributed by atoms with Gasteiger partial charge in [-0.25, -0.2) is 9.78 Å². The van der Waals surface area contributed by atoms with Gasteiger partial charge in [0.15, 0.2) is 5.60 Å². The lowest BCUT2D eigenvalue weighted by atomic mass is 9.86. The summed E-state index contributed by atoms with van der Waals surface area (Å²) < 4.78 is 6.91. The molecule has 2 aliphatic rings. The molecule has 0 saturated heterocycles. The monoisotopic (exact) mass is 533 g/mol. The summed E-state index contributed by atoms with van der Waals surface area (Å²) in [5, 5.41) is 12.2. The van der Waals surface area contributed by atoms with E-state index >= 15 is 0 Å². The van der Waals surface area contributed by atoms with Gasteiger partial charge >= 0.3 is 5.97 Å². The summed E-state index contributed by atoms with van der Waals surface area (Å²) in [5.41, 5.74) is 2.99. The molecule has 3 aromatic rings. The molecule has 1 atom stereocenters. The first-order valence-corrected chi connectivity index (χ1v) is 16.7. The molecular formula is C29H35N3O5Si. The Bertz CT molecular complexity index is 1530. The fraction of sp³-hybridized carbons (Fsp3) is 0.448. The number of ether oxygens (including phenoxy) is 1. The van der Waals surface area contributed by atoms with Gasteiger partial charge < -0.3 is 19.3 Å². The number of para-hydroxylation sites is 1. The van der Waals surface area contributed by atoms with Crippen LogP contribution in [0.4, 0.5) is 0 Å². The van der Waals surface area contributed by atoms with E-state index in [1.807, 2.05) is 18.2 Å². The minimum absolute atomic E-state index is 0.112. The van der Waals surface area contributed by atoms with Crippen LogP contribution in [0.15, 0.2) is 35.1 Å². The highest BCUT2D eigenvalue weighted by molar-refractivity contribution is 6.77. The molecule has 0 radical (unpaired) electrons. The predicted molar refractivity (Wildman–Crippen MR) is 149 cm³/mol. The van der Waals surface area contributed by atoms with Gasteiger partial charge in [-0.15, -0.1) is 0 Å². The molecule has 2 aliphatic heterocycles. The van der Waals surface area contributed by atoms with Gasteiger partial charge in [0.1, 0.15) is 6.61 Å². The van der Waals surface area contributed by atoms with Crippen molar-refractivity contribution in [3.8, 4) is 11.4 Å². The molecule has 2 aromatic heterocycles. The first-order valence-electron chi connectivity index (χ1n) is 13.2. The molecule has 1 aromatic carbocycles. The standard InChI is InChI=1S/C29H35N3O5Si/c1-6-29(36)22-15-24-26-20(16-32(24)27(34)21(22)17-37-28(29)35)18(19-9-7-8-10-23(19)30-26)11-13-38(4,5)14-12-25(33)31(2)3/h7-10,15,36H,6,11-14,16-17H2,1-5H3. The van der Waals surface area contributed by atoms with E-state index in [0.717, 1.165) is 40.7 Å². The second-order valence-corrected chi connectivity index (χ2v) is 16.8. The van der Waals surface area contributed by atoms with Crippen LogP contribution < -0.4 is 5.56 Å². The number of cyclic esters (lactones) is 1. The number of rotatable bonds is 7. The van der Waals surface area contributed by atoms with Crippen LogP contribution in [0.5, 0.6) is 0 Å². The molecule has 0 bridgehead atoms. The predicted octanol–water partition coefficient (Wildman–Crippen LogP) is 3.81. The summed E-state index contributed by atoms with van der Waals surface area (Å²) in [5.74, 6) is -0.559. The summed E-state index contributed by atoms with van der Waals surface area (Å²) in [6.45, 7) is 6.62. The van der Waals surface area contributed by atoms with Crippen LogP contribution in [-0.4, -0.2) is 53.6 Å². The number of amides is 1. The Balaban J connectivity index is 1.58. The topological polar surface area (TPSA) is 102 Å². The number of fused-ring (bicyclic) bond motifs is 5. The smallest absolute Gasteiger partial charge is 0.343 e. The lowest BCUT2D eigenvalue weighted by molar-refractivity contribution is -0.172. The van der Waals surface area contributed by atoms with Crippen molar-refractivity contribution in [3.05, 3.63) is 62.9 Å². The van der Waals surface area contributed by atoms with Gasteiger partial charge in [0.2, 0.25) is 5.91 Å². The summed E-state index contributed by atoms with van der Waals surface area (Å²) >= 11 is 0. The lowest BCUT2D eigenvalue weighted by Crippen LogP contribution is -2.44. The van der Waals surface area contributed by atoms with Crippen molar-refractivity contribution in [1.82, 2.24) is 14.5 Å². The molecule has 0 aliphatic carbocycles. The van der Waals surface area contributed by atoms with Crippen LogP contribution in [0.2, 0.25) is 25.2 Å². The van der Waals surface area contributed by atoms with Crippen molar-refractivity contribution >= 4 is 30.9 Å². The van der Waals surface area contributed by atoms with E-state index in [-0.39, 0.29) is 24.5 Å². The van der Waals surface area contributed by atoms with Gasteiger partial charge in [-0.3, -0.25) is 9.59 Å². The molecule has 0 saturated carbocycles. The number of aliphatic hydroxyl groups is 1. The summed E-state index contributed by atoms with van der Waals surface area (Å²) in [6, 6.07) is 11.7. The Kier molecular flexibility index (Phi) is 6.55. The highest BCUT2D eigenvalue weighted by Gasteiger charge is 2.45. The number of aryl methyl sites for hydroxylation is 1. The van der Waals surface area contributed by atoms with E-state index < -0.39 is 19.6 Å². The lowest BCUT2D eigenvalue weighted by Gasteiger charge is -2.31. The Hall–Kier alpha value is -3.30. The largest absolute Gasteiger partial charge is 0.458 e. The average Bonchev–Trinajstić information content (AvgIpc) is 3.26. The van der Waals surface area contributed by atoms with Gasteiger partial charge in [0.25, 0.3) is 5.56 Å². The van der Waals surface area contributed by atoms with Crippen LogP contribution in [0, 0.1) is 0 Å². The minimum Gasteiger partial charge on any atom is -0.458 e. The fourth-order valence-corrected chi connectivity index (χ4v) is 7.72. The van der Waals surface area contributed by atoms with Crippen molar-refractivity contribution in [2.24, 2.45) is 0 Å². The number of benzene rings is 1. The number of carbonyl (C=O) groups is 2. The normalized spacial score (nSPS) is 18.1. The van der Waals surface area contributed by atoms with E-state index in [9.17, 15) is 19.5 Å². The second kappa shape index (κ2) is 9.46. The molecule has 4 heterocycles. The molecule has 200 valence electrons. The second-order valence-electron chi connectivity index (χ2n) is 11.5. The molecule has 1 amide bonds. The molecule has 8 nitrogen and oxygen atoms in total. The van der Waals surface area contributed by atoms with Crippen LogP contribution in [0.25, 0.3) is 22.3 Å². The summed E-state index contributed by atoms with van der Waals surface area (Å²) in [6.07, 6.45) is 1.51. The zero-order chi connectivity index (χ0) is 27.4. The zero-order valence-corrected chi connectivity index (χ0v) is 23.8. The van der Waals surface area contributed by atoms with Crippen molar-refractivity contribution in [2.75, 3.05) is 14.1 Å². The van der Waals surface area contributed by atoms with E-state index in [1.54, 1.807) is 36.6 Å². The molecular weight excluding hydrogens is 498 g/mol. The maximum atomic E-state index is 13.6. The quantitative estimate of drug-likeness (QED) is 0.286. The van der Waals surface area contributed by atoms with Crippen LogP contribution >= 0.6 is 0 Å². The highest BCUT2D eigenvalue weighted by atomic mass is 28.3. The Labute approximate surface area is 223 Å². The Morgan fingerprint density at radius 2 is 1.92 bits per heavy atom. The number of carbonyl (C=O) groups excluding carboxylic acids is 2. The highest BCUT2D eigenvalue weighted by Crippen LogP contribution is 2.40. The first kappa shape index (κ1) is 26.3. The fourth-order valence-electron chi connectivity index (χ4n) is 5.66. The molecule has 5 rings (SSSR count). The first-order chi connectivity index (χ1) is 18.0. The molecule has 0 fully saturated rings. The van der Waals surface area contributed by atoms with Crippen LogP contribution in [-0.2, 0) is 39.5 Å². The maximum Gasteiger partial charge on any atom is 0.343 e. The molecule has 9 heteroatoms. The Morgan fingerprint density at radius 3 is 2.63 bits per heavy atom. The Morgan fingerprint density at radius 1 is 1.18 bits per heavy atom. The van der Waals surface area contributed by atoms with Gasteiger partial charge in [0.05, 0.1) is 29.0 Å². The number of hydrogen-bond acceptors (Lipinski definition) is 6. The SMILES string of the molecule is CCC1(O)C(=O)OCc2c1cc1n(c2=O)Cc2c-1nc1ccccc1c2CC[Si](C)(C)CCC(=O)N(C)C. The molecule has 38 heavy (non-hydrogen) atoms. The number of nitrogens with zero attached hydrogens (tertiary/aromatic N) is 3.